The highest BCUT2D eigenvalue weighted by molar-refractivity contribution is 9.10. The number of nitrogens with zero attached hydrogens (tertiary/aromatic N) is 1. The van der Waals surface area contributed by atoms with Gasteiger partial charge in [0, 0.05) is 22.7 Å². The van der Waals surface area contributed by atoms with Gasteiger partial charge in [0.1, 0.15) is 6.26 Å². The van der Waals surface area contributed by atoms with E-state index >= 15 is 0 Å². The van der Waals surface area contributed by atoms with Crippen molar-refractivity contribution in [1.82, 2.24) is 4.98 Å². The predicted octanol–water partition coefficient (Wildman–Crippen LogP) is 4.93. The van der Waals surface area contributed by atoms with Crippen molar-refractivity contribution in [2.75, 3.05) is 16.4 Å². The van der Waals surface area contributed by atoms with Gasteiger partial charge in [-0.15, -0.1) is 11.8 Å². The number of aromatic nitrogens is 1. The maximum atomic E-state index is 12.3. The van der Waals surface area contributed by atoms with Crippen molar-refractivity contribution in [3.63, 3.8) is 0 Å². The van der Waals surface area contributed by atoms with Crippen LogP contribution in [0.4, 0.5) is 11.4 Å². The SMILES string of the molecule is CC(=O)Nc1ccc(Br)cc1NC(=O)CSCc1coc(-c2ccccc2)n1. The van der Waals surface area contributed by atoms with Gasteiger partial charge >= 0.3 is 0 Å². The van der Waals surface area contributed by atoms with Crippen molar-refractivity contribution in [3.05, 3.63) is 65.0 Å². The van der Waals surface area contributed by atoms with Crippen molar-refractivity contribution in [2.24, 2.45) is 0 Å². The average Bonchev–Trinajstić information content (AvgIpc) is 3.13. The molecule has 6 nitrogen and oxygen atoms in total. The fourth-order valence-electron chi connectivity index (χ4n) is 2.44. The normalized spacial score (nSPS) is 10.5. The minimum Gasteiger partial charge on any atom is -0.444 e. The summed E-state index contributed by atoms with van der Waals surface area (Å²) in [5.41, 5.74) is 2.79. The third-order valence-corrected chi connectivity index (χ3v) is 5.08. The number of halogens is 1. The van der Waals surface area contributed by atoms with Gasteiger partial charge < -0.3 is 15.1 Å². The number of nitrogens with one attached hydrogen (secondary N) is 2. The van der Waals surface area contributed by atoms with Crippen LogP contribution in [0.1, 0.15) is 12.6 Å². The Balaban J connectivity index is 1.54. The van der Waals surface area contributed by atoms with Crippen molar-refractivity contribution in [1.29, 1.82) is 0 Å². The first-order valence-electron chi connectivity index (χ1n) is 8.46. The largest absolute Gasteiger partial charge is 0.444 e. The van der Waals surface area contributed by atoms with Crippen molar-refractivity contribution < 1.29 is 14.0 Å². The van der Waals surface area contributed by atoms with Crippen LogP contribution in [0.15, 0.2) is 63.7 Å². The smallest absolute Gasteiger partial charge is 0.234 e. The zero-order valence-electron chi connectivity index (χ0n) is 15.1. The van der Waals surface area contributed by atoms with E-state index in [0.717, 1.165) is 15.7 Å². The lowest BCUT2D eigenvalue weighted by atomic mass is 10.2. The monoisotopic (exact) mass is 459 g/mol. The van der Waals surface area contributed by atoms with Gasteiger partial charge in [0.15, 0.2) is 0 Å². The Morgan fingerprint density at radius 2 is 1.89 bits per heavy atom. The summed E-state index contributed by atoms with van der Waals surface area (Å²) in [7, 11) is 0. The molecule has 1 aromatic heterocycles. The van der Waals surface area contributed by atoms with Gasteiger partial charge in [-0.25, -0.2) is 4.98 Å². The number of benzene rings is 2. The number of thioether (sulfide) groups is 1. The Labute approximate surface area is 175 Å². The van der Waals surface area contributed by atoms with Gasteiger partial charge in [-0.2, -0.15) is 0 Å². The first kappa shape index (κ1) is 20.2. The van der Waals surface area contributed by atoms with E-state index in [4.69, 9.17) is 4.42 Å². The van der Waals surface area contributed by atoms with Crippen LogP contribution in [0.25, 0.3) is 11.5 Å². The average molecular weight is 460 g/mol. The molecule has 0 unspecified atom stereocenters. The van der Waals surface area contributed by atoms with E-state index < -0.39 is 0 Å². The van der Waals surface area contributed by atoms with Crippen LogP contribution in [0, 0.1) is 0 Å². The molecule has 144 valence electrons. The summed E-state index contributed by atoms with van der Waals surface area (Å²) in [6, 6.07) is 14.9. The number of anilines is 2. The van der Waals surface area contributed by atoms with E-state index in [1.165, 1.54) is 18.7 Å². The van der Waals surface area contributed by atoms with Gasteiger partial charge in [-0.1, -0.05) is 34.1 Å². The van der Waals surface area contributed by atoms with Gasteiger partial charge in [-0.3, -0.25) is 9.59 Å². The molecule has 0 saturated carbocycles. The molecule has 0 aliphatic carbocycles. The zero-order valence-corrected chi connectivity index (χ0v) is 17.5. The number of hydrogen-bond acceptors (Lipinski definition) is 5. The highest BCUT2D eigenvalue weighted by Gasteiger charge is 2.11. The molecule has 0 aliphatic heterocycles. The van der Waals surface area contributed by atoms with E-state index in [9.17, 15) is 9.59 Å². The molecule has 0 saturated heterocycles. The fraction of sp³-hybridized carbons (Fsp3) is 0.150. The standard InChI is InChI=1S/C20H18BrN3O3S/c1-13(25)22-17-8-7-15(21)9-18(17)24-19(26)12-28-11-16-10-27-20(23-16)14-5-3-2-4-6-14/h2-10H,11-12H2,1H3,(H,22,25)(H,24,26). The maximum Gasteiger partial charge on any atom is 0.234 e. The van der Waals surface area contributed by atoms with E-state index in [1.807, 2.05) is 30.3 Å². The first-order chi connectivity index (χ1) is 13.5. The minimum absolute atomic E-state index is 0.165. The quantitative estimate of drug-likeness (QED) is 0.522. The van der Waals surface area contributed by atoms with Crippen molar-refractivity contribution in [3.8, 4) is 11.5 Å². The summed E-state index contributed by atoms with van der Waals surface area (Å²) < 4.78 is 6.31. The Hall–Kier alpha value is -2.58. The van der Waals surface area contributed by atoms with E-state index in [0.29, 0.717) is 23.0 Å². The number of hydrogen-bond donors (Lipinski definition) is 2. The third-order valence-electron chi connectivity index (χ3n) is 3.62. The van der Waals surface area contributed by atoms with Crippen LogP contribution in [-0.2, 0) is 15.3 Å². The van der Waals surface area contributed by atoms with Gasteiger partial charge in [0.25, 0.3) is 0 Å². The Kier molecular flexibility index (Phi) is 6.89. The van der Waals surface area contributed by atoms with Crippen molar-refractivity contribution in [2.45, 2.75) is 12.7 Å². The highest BCUT2D eigenvalue weighted by Crippen LogP contribution is 2.26. The van der Waals surface area contributed by atoms with E-state index in [1.54, 1.807) is 24.5 Å². The lowest BCUT2D eigenvalue weighted by Crippen LogP contribution is -2.16. The molecule has 0 aliphatic rings. The number of amides is 2. The van der Waals surface area contributed by atoms with Gasteiger partial charge in [0.05, 0.1) is 22.8 Å². The van der Waals surface area contributed by atoms with Crippen LogP contribution in [-0.4, -0.2) is 22.6 Å². The van der Waals surface area contributed by atoms with Gasteiger partial charge in [0.2, 0.25) is 17.7 Å². The lowest BCUT2D eigenvalue weighted by molar-refractivity contribution is -0.115. The molecule has 28 heavy (non-hydrogen) atoms. The van der Waals surface area contributed by atoms with Crippen LogP contribution in [0.2, 0.25) is 0 Å². The first-order valence-corrected chi connectivity index (χ1v) is 10.4. The second-order valence-electron chi connectivity index (χ2n) is 5.92. The summed E-state index contributed by atoms with van der Waals surface area (Å²) in [4.78, 5) is 28.0. The summed E-state index contributed by atoms with van der Waals surface area (Å²) in [6.45, 7) is 1.42. The molecule has 2 amide bonds. The molecular weight excluding hydrogens is 442 g/mol. The zero-order chi connectivity index (χ0) is 19.9. The van der Waals surface area contributed by atoms with Crippen LogP contribution >= 0.6 is 27.7 Å². The topological polar surface area (TPSA) is 84.2 Å². The van der Waals surface area contributed by atoms with E-state index in [2.05, 4.69) is 31.5 Å². The molecule has 1 heterocycles. The predicted molar refractivity (Wildman–Crippen MR) is 115 cm³/mol. The molecule has 2 aromatic carbocycles. The molecule has 2 N–H and O–H groups in total. The molecular formula is C20H18BrN3O3S. The highest BCUT2D eigenvalue weighted by atomic mass is 79.9. The summed E-state index contributed by atoms with van der Waals surface area (Å²) in [5.74, 6) is 1.00. The minimum atomic E-state index is -0.201. The van der Waals surface area contributed by atoms with Crippen LogP contribution < -0.4 is 10.6 Å². The third kappa shape index (κ3) is 5.71. The molecule has 3 aromatic rings. The second kappa shape index (κ2) is 9.57. The Morgan fingerprint density at radius 1 is 1.11 bits per heavy atom. The molecule has 0 fully saturated rings. The number of oxazole rings is 1. The van der Waals surface area contributed by atoms with Crippen LogP contribution in [0.5, 0.6) is 0 Å². The number of carbonyl (C=O) groups is 2. The Bertz CT molecular complexity index is 976. The number of carbonyl (C=O) groups excluding carboxylic acids is 2. The van der Waals surface area contributed by atoms with Crippen LogP contribution in [0.3, 0.4) is 0 Å². The molecule has 0 bridgehead atoms. The maximum absolute atomic E-state index is 12.3. The summed E-state index contributed by atoms with van der Waals surface area (Å²) >= 11 is 4.80. The van der Waals surface area contributed by atoms with E-state index in [-0.39, 0.29) is 17.6 Å². The molecule has 3 rings (SSSR count). The fourth-order valence-corrected chi connectivity index (χ4v) is 3.50. The molecule has 0 spiro atoms. The lowest BCUT2D eigenvalue weighted by Gasteiger charge is -2.11. The summed E-state index contributed by atoms with van der Waals surface area (Å²) in [5, 5.41) is 5.53. The molecule has 0 atom stereocenters. The molecule has 0 radical (unpaired) electrons. The molecule has 8 heteroatoms. The second-order valence-corrected chi connectivity index (χ2v) is 7.82. The number of rotatable bonds is 7. The van der Waals surface area contributed by atoms with Gasteiger partial charge in [-0.05, 0) is 30.3 Å². The van der Waals surface area contributed by atoms with Crippen molar-refractivity contribution >= 4 is 50.9 Å². The Morgan fingerprint density at radius 3 is 2.64 bits per heavy atom. The summed E-state index contributed by atoms with van der Waals surface area (Å²) in [6.07, 6.45) is 1.61.